The summed E-state index contributed by atoms with van der Waals surface area (Å²) in [6.07, 6.45) is 3.96. The minimum atomic E-state index is 0.970. The SMILES string of the molecule is C[n+]1ccccc1-c1cc(-n2c3ccccc3c3ccccc32)ccc1-c1ccccc1-c1ccccn1. The molecule has 0 unspecified atom stereocenters. The minimum Gasteiger partial charge on any atom is -0.309 e. The molecule has 3 heteroatoms. The Labute approximate surface area is 221 Å². The van der Waals surface area contributed by atoms with E-state index in [1.165, 1.54) is 38.5 Å². The third-order valence-corrected chi connectivity index (χ3v) is 7.33. The van der Waals surface area contributed by atoms with Crippen LogP contribution in [0.2, 0.25) is 0 Å². The van der Waals surface area contributed by atoms with E-state index < -0.39 is 0 Å². The molecule has 0 N–H and O–H groups in total. The van der Waals surface area contributed by atoms with E-state index in [4.69, 9.17) is 0 Å². The average molecular weight is 489 g/mol. The van der Waals surface area contributed by atoms with Gasteiger partial charge in [-0.05, 0) is 53.6 Å². The Kier molecular flexibility index (Phi) is 5.33. The topological polar surface area (TPSA) is 21.7 Å². The predicted octanol–water partition coefficient (Wildman–Crippen LogP) is 8.00. The van der Waals surface area contributed by atoms with Crippen LogP contribution in [0.3, 0.4) is 0 Å². The molecule has 4 aromatic carbocycles. The third kappa shape index (κ3) is 3.60. The Morgan fingerprint density at radius 2 is 1.18 bits per heavy atom. The van der Waals surface area contributed by atoms with Gasteiger partial charge in [-0.15, -0.1) is 0 Å². The molecule has 7 rings (SSSR count). The van der Waals surface area contributed by atoms with Crippen molar-refractivity contribution >= 4 is 21.8 Å². The Morgan fingerprint density at radius 3 is 1.89 bits per heavy atom. The number of para-hydroxylation sites is 2. The highest BCUT2D eigenvalue weighted by Gasteiger charge is 2.20. The summed E-state index contributed by atoms with van der Waals surface area (Å²) in [5.41, 5.74) is 10.3. The molecule has 0 bridgehead atoms. The first-order valence-electron chi connectivity index (χ1n) is 12.9. The summed E-state index contributed by atoms with van der Waals surface area (Å²) in [7, 11) is 2.11. The lowest BCUT2D eigenvalue weighted by atomic mass is 9.91. The monoisotopic (exact) mass is 488 g/mol. The fourth-order valence-corrected chi connectivity index (χ4v) is 5.59. The summed E-state index contributed by atoms with van der Waals surface area (Å²) >= 11 is 0. The third-order valence-electron chi connectivity index (χ3n) is 7.33. The number of fused-ring (bicyclic) bond motifs is 3. The fraction of sp³-hybridized carbons (Fsp3) is 0.0286. The number of hydrogen-bond acceptors (Lipinski definition) is 1. The van der Waals surface area contributed by atoms with E-state index in [1.54, 1.807) is 0 Å². The van der Waals surface area contributed by atoms with Gasteiger partial charge < -0.3 is 4.57 Å². The van der Waals surface area contributed by atoms with Crippen molar-refractivity contribution in [3.05, 3.63) is 140 Å². The average Bonchev–Trinajstić information content (AvgIpc) is 3.32. The standard InChI is InChI=1S/C35H26N3/c1-37-23-11-9-17-33(37)31-24-25(38-34-18-6-4-14-29(34)30-15-5-7-19-35(30)38)20-21-27(31)26-12-2-3-13-28(26)32-16-8-10-22-36-32/h2-24H,1H3/q+1. The molecule has 3 nitrogen and oxygen atoms in total. The van der Waals surface area contributed by atoms with E-state index >= 15 is 0 Å². The molecular weight excluding hydrogens is 462 g/mol. The van der Waals surface area contributed by atoms with E-state index in [0.29, 0.717) is 0 Å². The second-order valence-corrected chi connectivity index (χ2v) is 9.56. The van der Waals surface area contributed by atoms with E-state index in [2.05, 4.69) is 143 Å². The fourth-order valence-electron chi connectivity index (χ4n) is 5.59. The zero-order chi connectivity index (χ0) is 25.5. The molecule has 0 spiro atoms. The van der Waals surface area contributed by atoms with Crippen molar-refractivity contribution < 1.29 is 4.57 Å². The molecule has 3 heterocycles. The number of rotatable bonds is 4. The van der Waals surface area contributed by atoms with Gasteiger partial charge in [-0.2, -0.15) is 0 Å². The van der Waals surface area contributed by atoms with Crippen molar-refractivity contribution in [2.24, 2.45) is 7.05 Å². The summed E-state index contributed by atoms with van der Waals surface area (Å²) in [6.45, 7) is 0. The summed E-state index contributed by atoms with van der Waals surface area (Å²) in [5, 5.41) is 2.53. The van der Waals surface area contributed by atoms with Gasteiger partial charge in [0.25, 0.3) is 0 Å². The molecule has 0 saturated carbocycles. The van der Waals surface area contributed by atoms with Crippen LogP contribution in [0.1, 0.15) is 0 Å². The lowest BCUT2D eigenvalue weighted by Crippen LogP contribution is -2.30. The van der Waals surface area contributed by atoms with Gasteiger partial charge in [0.15, 0.2) is 6.20 Å². The normalized spacial score (nSPS) is 11.3. The smallest absolute Gasteiger partial charge is 0.212 e. The predicted molar refractivity (Wildman–Crippen MR) is 156 cm³/mol. The van der Waals surface area contributed by atoms with Crippen molar-refractivity contribution in [1.82, 2.24) is 9.55 Å². The van der Waals surface area contributed by atoms with Gasteiger partial charge in [0.05, 0.1) is 22.3 Å². The summed E-state index contributed by atoms with van der Waals surface area (Å²) in [4.78, 5) is 4.67. The maximum atomic E-state index is 4.67. The van der Waals surface area contributed by atoms with Crippen molar-refractivity contribution in [1.29, 1.82) is 0 Å². The van der Waals surface area contributed by atoms with Gasteiger partial charge in [0.2, 0.25) is 5.69 Å². The summed E-state index contributed by atoms with van der Waals surface area (Å²) < 4.78 is 4.57. The summed E-state index contributed by atoms with van der Waals surface area (Å²) in [6, 6.07) is 45.2. The Hall–Kier alpha value is -5.02. The van der Waals surface area contributed by atoms with Crippen LogP contribution >= 0.6 is 0 Å². The first kappa shape index (κ1) is 22.2. The molecule has 38 heavy (non-hydrogen) atoms. The number of aryl methyl sites for hydroxylation is 1. The highest BCUT2D eigenvalue weighted by Crippen LogP contribution is 2.39. The first-order valence-corrected chi connectivity index (χ1v) is 12.9. The molecule has 180 valence electrons. The molecule has 0 aliphatic heterocycles. The zero-order valence-corrected chi connectivity index (χ0v) is 21.1. The van der Waals surface area contributed by atoms with E-state index in [0.717, 1.165) is 22.6 Å². The quantitative estimate of drug-likeness (QED) is 0.230. The van der Waals surface area contributed by atoms with Crippen LogP contribution in [0, 0.1) is 0 Å². The van der Waals surface area contributed by atoms with Crippen molar-refractivity contribution in [3.8, 4) is 39.3 Å². The Bertz CT molecular complexity index is 1880. The molecule has 0 aliphatic carbocycles. The number of nitrogens with zero attached hydrogens (tertiary/aromatic N) is 3. The Morgan fingerprint density at radius 1 is 0.553 bits per heavy atom. The lowest BCUT2D eigenvalue weighted by Gasteiger charge is -2.16. The maximum absolute atomic E-state index is 4.67. The second-order valence-electron chi connectivity index (χ2n) is 9.56. The molecule has 0 saturated heterocycles. The molecule has 7 aromatic rings. The number of pyridine rings is 2. The van der Waals surface area contributed by atoms with Crippen molar-refractivity contribution in [3.63, 3.8) is 0 Å². The molecular formula is C35H26N3+. The van der Waals surface area contributed by atoms with Crippen LogP contribution in [0.25, 0.3) is 61.1 Å². The van der Waals surface area contributed by atoms with Crippen molar-refractivity contribution in [2.75, 3.05) is 0 Å². The highest BCUT2D eigenvalue weighted by atomic mass is 15.0. The molecule has 3 aromatic heterocycles. The van der Waals surface area contributed by atoms with Gasteiger partial charge in [-0.3, -0.25) is 4.98 Å². The molecule has 0 radical (unpaired) electrons. The molecule has 0 atom stereocenters. The van der Waals surface area contributed by atoms with Gasteiger partial charge in [-0.1, -0.05) is 72.8 Å². The van der Waals surface area contributed by atoms with Crippen LogP contribution in [0.15, 0.2) is 140 Å². The summed E-state index contributed by atoms with van der Waals surface area (Å²) in [5.74, 6) is 0. The highest BCUT2D eigenvalue weighted by molar-refractivity contribution is 6.09. The van der Waals surface area contributed by atoms with Gasteiger partial charge in [0.1, 0.15) is 7.05 Å². The minimum absolute atomic E-state index is 0.970. The van der Waals surface area contributed by atoms with Gasteiger partial charge in [0, 0.05) is 40.4 Å². The lowest BCUT2D eigenvalue weighted by molar-refractivity contribution is -0.660. The first-order chi connectivity index (χ1) is 18.8. The number of hydrogen-bond donors (Lipinski definition) is 0. The van der Waals surface area contributed by atoms with Gasteiger partial charge in [-0.25, -0.2) is 4.57 Å². The number of aromatic nitrogens is 3. The van der Waals surface area contributed by atoms with Crippen LogP contribution in [-0.4, -0.2) is 9.55 Å². The second kappa shape index (κ2) is 9.13. The maximum Gasteiger partial charge on any atom is 0.212 e. The van der Waals surface area contributed by atoms with E-state index in [-0.39, 0.29) is 0 Å². The van der Waals surface area contributed by atoms with E-state index in [9.17, 15) is 0 Å². The van der Waals surface area contributed by atoms with E-state index in [1.807, 2.05) is 18.3 Å². The van der Waals surface area contributed by atoms with Crippen LogP contribution in [-0.2, 0) is 7.05 Å². The molecule has 0 aliphatic rings. The molecule has 0 fully saturated rings. The van der Waals surface area contributed by atoms with Crippen LogP contribution < -0.4 is 4.57 Å². The Balaban J connectivity index is 1.53. The van der Waals surface area contributed by atoms with Crippen molar-refractivity contribution in [2.45, 2.75) is 0 Å². The van der Waals surface area contributed by atoms with Gasteiger partial charge >= 0.3 is 0 Å². The largest absolute Gasteiger partial charge is 0.309 e. The number of benzene rings is 4. The van der Waals surface area contributed by atoms with Crippen LogP contribution in [0.4, 0.5) is 0 Å². The van der Waals surface area contributed by atoms with Crippen LogP contribution in [0.5, 0.6) is 0 Å². The zero-order valence-electron chi connectivity index (χ0n) is 21.1. The molecule has 0 amide bonds.